The van der Waals surface area contributed by atoms with Gasteiger partial charge in [-0.3, -0.25) is 0 Å². The van der Waals surface area contributed by atoms with Gasteiger partial charge in [0, 0.05) is 10.2 Å². The number of nitrogen functional groups attached to an aromatic ring is 1. The quantitative estimate of drug-likeness (QED) is 0.598. The summed E-state index contributed by atoms with van der Waals surface area (Å²) < 4.78 is 15.2. The Morgan fingerprint density at radius 3 is 2.50 bits per heavy atom. The fourth-order valence-electron chi connectivity index (χ4n) is 0.377. The number of hydrogen-bond acceptors (Lipinski definition) is 1. The van der Waals surface area contributed by atoms with Crippen LogP contribution in [0.25, 0.3) is 0 Å². The van der Waals surface area contributed by atoms with Crippen LogP contribution in [0.15, 0.2) is 28.7 Å². The molecule has 2 heteroatoms. The number of nitrogens with two attached hydrogens (primary N) is 1. The third kappa shape index (κ3) is 1.23. The maximum absolute atomic E-state index is 7.23. The third-order valence-corrected chi connectivity index (χ3v) is 1.19. The molecule has 0 spiro atoms. The number of anilines is 1. The van der Waals surface area contributed by atoms with E-state index in [1.54, 1.807) is 12.1 Å². The lowest BCUT2D eigenvalue weighted by Crippen LogP contribution is -1.80. The maximum atomic E-state index is 7.23. The van der Waals surface area contributed by atoms with E-state index in [1.807, 2.05) is 0 Å². The van der Waals surface area contributed by atoms with Crippen molar-refractivity contribution in [2.24, 2.45) is 0 Å². The average molecular weight is 174 g/mol. The van der Waals surface area contributed by atoms with Crippen molar-refractivity contribution in [3.8, 4) is 0 Å². The predicted octanol–water partition coefficient (Wildman–Crippen LogP) is 2.03. The van der Waals surface area contributed by atoms with Crippen molar-refractivity contribution in [2.75, 3.05) is 5.73 Å². The smallest absolute Gasteiger partial charge is 0.0645 e. The molecule has 0 aromatic heterocycles. The van der Waals surface area contributed by atoms with E-state index in [1.165, 1.54) is 0 Å². The third-order valence-electron chi connectivity index (χ3n) is 0.731. The second-order valence-corrected chi connectivity index (χ2v) is 2.29. The van der Waals surface area contributed by atoms with Crippen molar-refractivity contribution in [3.05, 3.63) is 28.7 Å². The van der Waals surface area contributed by atoms with Gasteiger partial charge in [0.1, 0.15) is 0 Å². The van der Waals surface area contributed by atoms with Gasteiger partial charge in [-0.25, -0.2) is 0 Å². The molecule has 0 saturated carbocycles. The van der Waals surface area contributed by atoms with E-state index >= 15 is 0 Å². The zero-order chi connectivity index (χ0) is 7.72. The molecule has 0 fully saturated rings. The topological polar surface area (TPSA) is 26.0 Å². The molecule has 1 rings (SSSR count). The minimum Gasteiger partial charge on any atom is -0.399 e. The van der Waals surface area contributed by atoms with E-state index in [0.717, 1.165) is 4.47 Å². The van der Waals surface area contributed by atoms with Crippen LogP contribution < -0.4 is 5.73 Å². The highest BCUT2D eigenvalue weighted by Gasteiger charge is 1.81. The Morgan fingerprint density at radius 2 is 2.00 bits per heavy atom. The fourth-order valence-corrected chi connectivity index (χ4v) is 0.606. The lowest BCUT2D eigenvalue weighted by atomic mass is 10.3. The molecular formula is C6H6BrN. The summed E-state index contributed by atoms with van der Waals surface area (Å²) in [6.07, 6.45) is 0. The van der Waals surface area contributed by atoms with Gasteiger partial charge >= 0.3 is 0 Å². The van der Waals surface area contributed by atoms with Gasteiger partial charge in [0.05, 0.1) is 2.74 Å². The molecule has 1 aromatic carbocycles. The van der Waals surface area contributed by atoms with Crippen LogP contribution >= 0.6 is 15.9 Å². The Morgan fingerprint density at radius 1 is 1.50 bits per heavy atom. The van der Waals surface area contributed by atoms with Gasteiger partial charge in [0.25, 0.3) is 0 Å². The molecule has 42 valence electrons. The lowest BCUT2D eigenvalue weighted by Gasteiger charge is -1.88. The van der Waals surface area contributed by atoms with Gasteiger partial charge in [0.15, 0.2) is 0 Å². The lowest BCUT2D eigenvalue weighted by molar-refractivity contribution is 1.64. The first-order valence-electron chi connectivity index (χ1n) is 3.13. The molecule has 8 heavy (non-hydrogen) atoms. The number of halogens is 1. The second-order valence-electron chi connectivity index (χ2n) is 1.38. The van der Waals surface area contributed by atoms with E-state index in [2.05, 4.69) is 15.9 Å². The van der Waals surface area contributed by atoms with Crippen molar-refractivity contribution >= 4 is 21.6 Å². The zero-order valence-electron chi connectivity index (χ0n) is 6.11. The van der Waals surface area contributed by atoms with Gasteiger partial charge in [-0.2, -0.15) is 0 Å². The second kappa shape index (κ2) is 2.18. The van der Waals surface area contributed by atoms with Crippen molar-refractivity contribution in [1.82, 2.24) is 0 Å². The molecule has 0 bridgehead atoms. The summed E-state index contributed by atoms with van der Waals surface area (Å²) in [6, 6.07) is 3.51. The van der Waals surface area contributed by atoms with Crippen LogP contribution in [0.3, 0.4) is 0 Å². The Kier molecular flexibility index (Phi) is 0.956. The first kappa shape index (κ1) is 3.51. The largest absolute Gasteiger partial charge is 0.399 e. The molecule has 0 aliphatic carbocycles. The summed E-state index contributed by atoms with van der Waals surface area (Å²) >= 11 is 3.15. The van der Waals surface area contributed by atoms with Crippen LogP contribution in [0.1, 0.15) is 2.74 Å². The van der Waals surface area contributed by atoms with Crippen molar-refractivity contribution in [1.29, 1.82) is 0 Å². The molecule has 1 aromatic rings. The van der Waals surface area contributed by atoms with E-state index in [4.69, 9.17) is 8.48 Å². The molecule has 2 N–H and O–H groups in total. The first-order valence-corrected chi connectivity index (χ1v) is 2.93. The van der Waals surface area contributed by atoms with Gasteiger partial charge < -0.3 is 5.73 Å². The van der Waals surface area contributed by atoms with E-state index in [-0.39, 0.29) is 17.8 Å². The first-order chi connectivity index (χ1) is 4.61. The molecule has 0 amide bonds. The van der Waals surface area contributed by atoms with Gasteiger partial charge in [0.2, 0.25) is 0 Å². The molecule has 0 aliphatic rings. The van der Waals surface area contributed by atoms with Crippen LogP contribution in [-0.4, -0.2) is 0 Å². The summed E-state index contributed by atoms with van der Waals surface area (Å²) in [5.74, 6) is 0. The molecule has 0 radical (unpaired) electrons. The predicted molar refractivity (Wildman–Crippen MR) is 38.6 cm³/mol. The summed E-state index contributed by atoms with van der Waals surface area (Å²) in [5.41, 5.74) is 5.58. The monoisotopic (exact) mass is 173 g/mol. The summed E-state index contributed by atoms with van der Waals surface area (Å²) in [6.45, 7) is 0. The van der Waals surface area contributed by atoms with Crippen molar-refractivity contribution < 1.29 is 2.74 Å². The molecule has 0 saturated heterocycles. The van der Waals surface area contributed by atoms with E-state index in [0.29, 0.717) is 0 Å². The SMILES string of the molecule is [2H]c1cc(Br)cc([2H])c1N. The number of hydrogen-bond donors (Lipinski definition) is 1. The Bertz CT molecular complexity index is 239. The maximum Gasteiger partial charge on any atom is 0.0645 e. The number of benzene rings is 1. The van der Waals surface area contributed by atoms with E-state index < -0.39 is 0 Å². The Labute approximate surface area is 59.4 Å². The highest BCUT2D eigenvalue weighted by atomic mass is 79.9. The van der Waals surface area contributed by atoms with Crippen LogP contribution in [-0.2, 0) is 0 Å². The standard InChI is InChI=1S/C6H6BrN/c7-5-1-3-6(8)4-2-5/h1-4H,8H2/i3D,4D. The minimum atomic E-state index is 0.194. The van der Waals surface area contributed by atoms with Gasteiger partial charge in [-0.05, 0) is 24.2 Å². The average Bonchev–Trinajstić information content (AvgIpc) is 1.82. The van der Waals surface area contributed by atoms with Crippen LogP contribution in [0.5, 0.6) is 0 Å². The van der Waals surface area contributed by atoms with Crippen molar-refractivity contribution in [3.63, 3.8) is 0 Å². The Balaban J connectivity index is 3.31. The van der Waals surface area contributed by atoms with Crippen molar-refractivity contribution in [2.45, 2.75) is 0 Å². The van der Waals surface area contributed by atoms with Gasteiger partial charge in [-0.1, -0.05) is 15.9 Å². The summed E-state index contributed by atoms with van der Waals surface area (Å²) in [4.78, 5) is 0. The summed E-state index contributed by atoms with van der Waals surface area (Å²) in [5, 5.41) is 0. The molecule has 1 nitrogen and oxygen atoms in total. The molecule has 0 aliphatic heterocycles. The van der Waals surface area contributed by atoms with Crippen LogP contribution in [0, 0.1) is 0 Å². The van der Waals surface area contributed by atoms with E-state index in [9.17, 15) is 0 Å². The molecular weight excluding hydrogens is 166 g/mol. The van der Waals surface area contributed by atoms with Gasteiger partial charge in [-0.15, -0.1) is 0 Å². The highest BCUT2D eigenvalue weighted by molar-refractivity contribution is 9.10. The van der Waals surface area contributed by atoms with Crippen LogP contribution in [0.2, 0.25) is 0 Å². The number of rotatable bonds is 0. The fraction of sp³-hybridized carbons (Fsp3) is 0. The zero-order valence-corrected chi connectivity index (χ0v) is 5.70. The molecule has 0 atom stereocenters. The molecule has 0 unspecified atom stereocenters. The Hall–Kier alpha value is -0.500. The normalized spacial score (nSPS) is 12.6. The van der Waals surface area contributed by atoms with Crippen LogP contribution in [0.4, 0.5) is 5.69 Å². The highest BCUT2D eigenvalue weighted by Crippen LogP contribution is 2.10. The molecule has 0 heterocycles. The minimum absolute atomic E-state index is 0.194. The summed E-state index contributed by atoms with van der Waals surface area (Å²) in [7, 11) is 0.